The number of hydrogen-bond acceptors (Lipinski definition) is 3. The second kappa shape index (κ2) is 4.96. The summed E-state index contributed by atoms with van der Waals surface area (Å²) in [6, 6.07) is 9.43. The van der Waals surface area contributed by atoms with E-state index in [9.17, 15) is 5.21 Å². The third-order valence-corrected chi connectivity index (χ3v) is 3.76. The Kier molecular flexibility index (Phi) is 3.15. The van der Waals surface area contributed by atoms with Crippen molar-refractivity contribution in [1.29, 1.82) is 0 Å². The highest BCUT2D eigenvalue weighted by molar-refractivity contribution is 5.83. The molecule has 1 fully saturated rings. The molecule has 4 heteroatoms. The molecule has 0 saturated carbocycles. The fourth-order valence-corrected chi connectivity index (χ4v) is 2.75. The molecule has 0 aliphatic carbocycles. The highest BCUT2D eigenvalue weighted by Crippen LogP contribution is 2.28. The minimum atomic E-state index is 0.669. The summed E-state index contributed by atoms with van der Waals surface area (Å²) in [4.78, 5) is 2.16. The highest BCUT2D eigenvalue weighted by Gasteiger charge is 2.22. The van der Waals surface area contributed by atoms with Gasteiger partial charge in [0.15, 0.2) is 0 Å². The average Bonchev–Trinajstić information content (AvgIpc) is 2.49. The Morgan fingerprint density at radius 3 is 2.63 bits per heavy atom. The molecule has 1 saturated heterocycles. The standard InChI is InChI=1S/C15H18N2O2/c1-19-14-11-15(16-9-5-2-6-10-16)17(18)13-8-4-3-7-12(13)14/h3-4,7-8,11H,2,5-6,9-10H2,1H3. The van der Waals surface area contributed by atoms with Crippen LogP contribution in [-0.4, -0.2) is 20.2 Å². The molecule has 2 aromatic rings. The maximum atomic E-state index is 12.5. The van der Waals surface area contributed by atoms with Crippen LogP contribution in [0.25, 0.3) is 10.9 Å². The van der Waals surface area contributed by atoms with E-state index in [1.54, 1.807) is 7.11 Å². The molecule has 0 radical (unpaired) electrons. The van der Waals surface area contributed by atoms with Crippen LogP contribution in [0, 0.1) is 5.21 Å². The zero-order valence-electron chi connectivity index (χ0n) is 11.1. The number of methoxy groups -OCH3 is 1. The smallest absolute Gasteiger partial charge is 0.283 e. The summed E-state index contributed by atoms with van der Waals surface area (Å²) in [7, 11) is 1.65. The van der Waals surface area contributed by atoms with Gasteiger partial charge in [0, 0.05) is 0 Å². The second-order valence-corrected chi connectivity index (χ2v) is 4.93. The van der Waals surface area contributed by atoms with Crippen LogP contribution < -0.4 is 14.4 Å². The van der Waals surface area contributed by atoms with Gasteiger partial charge in [0.1, 0.15) is 11.3 Å². The molecule has 3 rings (SSSR count). The van der Waals surface area contributed by atoms with Crippen molar-refractivity contribution in [1.82, 2.24) is 0 Å². The Hall–Kier alpha value is -1.97. The predicted octanol–water partition coefficient (Wildman–Crippen LogP) is 2.47. The van der Waals surface area contributed by atoms with Crippen molar-refractivity contribution in [2.24, 2.45) is 0 Å². The fourth-order valence-electron chi connectivity index (χ4n) is 2.75. The van der Waals surface area contributed by atoms with Crippen LogP contribution in [0.1, 0.15) is 19.3 Å². The van der Waals surface area contributed by atoms with E-state index in [0.717, 1.165) is 41.8 Å². The van der Waals surface area contributed by atoms with Crippen molar-refractivity contribution in [2.75, 3.05) is 25.1 Å². The molecule has 100 valence electrons. The number of fused-ring (bicyclic) bond motifs is 1. The minimum Gasteiger partial charge on any atom is -0.710 e. The lowest BCUT2D eigenvalue weighted by molar-refractivity contribution is -0.563. The first-order valence-corrected chi connectivity index (χ1v) is 6.75. The summed E-state index contributed by atoms with van der Waals surface area (Å²) in [6.07, 6.45) is 3.55. The molecule has 0 N–H and O–H groups in total. The lowest BCUT2D eigenvalue weighted by atomic mass is 10.1. The van der Waals surface area contributed by atoms with E-state index in [-0.39, 0.29) is 0 Å². The zero-order chi connectivity index (χ0) is 13.2. The molecule has 2 heterocycles. The van der Waals surface area contributed by atoms with Gasteiger partial charge in [0.2, 0.25) is 0 Å². The van der Waals surface area contributed by atoms with Gasteiger partial charge in [-0.2, -0.15) is 0 Å². The van der Waals surface area contributed by atoms with Gasteiger partial charge in [-0.3, -0.25) is 4.90 Å². The van der Waals surface area contributed by atoms with Crippen LogP contribution in [-0.2, 0) is 0 Å². The van der Waals surface area contributed by atoms with Crippen LogP contribution in [0.4, 0.5) is 5.82 Å². The zero-order valence-corrected chi connectivity index (χ0v) is 11.1. The van der Waals surface area contributed by atoms with Crippen molar-refractivity contribution < 1.29 is 9.47 Å². The van der Waals surface area contributed by atoms with E-state index in [1.165, 1.54) is 6.42 Å². The van der Waals surface area contributed by atoms with Gasteiger partial charge >= 0.3 is 0 Å². The maximum absolute atomic E-state index is 12.5. The minimum absolute atomic E-state index is 0.669. The summed E-state index contributed by atoms with van der Waals surface area (Å²) in [5.41, 5.74) is 0.669. The molecule has 0 bridgehead atoms. The number of pyridine rings is 1. The number of para-hydroxylation sites is 1. The summed E-state index contributed by atoms with van der Waals surface area (Å²) >= 11 is 0. The van der Waals surface area contributed by atoms with Gasteiger partial charge in [0.05, 0.1) is 31.7 Å². The fraction of sp³-hybridized carbons (Fsp3) is 0.400. The van der Waals surface area contributed by atoms with E-state index in [0.29, 0.717) is 11.3 Å². The summed E-state index contributed by atoms with van der Waals surface area (Å²) < 4.78 is 6.47. The first-order valence-electron chi connectivity index (χ1n) is 6.75. The Bertz CT molecular complexity index is 592. The lowest BCUT2D eigenvalue weighted by Gasteiger charge is -2.25. The van der Waals surface area contributed by atoms with Crippen molar-refractivity contribution in [3.63, 3.8) is 0 Å². The van der Waals surface area contributed by atoms with E-state index >= 15 is 0 Å². The van der Waals surface area contributed by atoms with Crippen LogP contribution >= 0.6 is 0 Å². The number of ether oxygens (including phenoxy) is 1. The molecule has 0 unspecified atom stereocenters. The molecule has 1 aliphatic rings. The van der Waals surface area contributed by atoms with Crippen molar-refractivity contribution >= 4 is 16.7 Å². The van der Waals surface area contributed by atoms with Crippen LogP contribution in [0.2, 0.25) is 0 Å². The van der Waals surface area contributed by atoms with Crippen molar-refractivity contribution in [2.45, 2.75) is 19.3 Å². The van der Waals surface area contributed by atoms with Gasteiger partial charge in [-0.15, -0.1) is 0 Å². The Morgan fingerprint density at radius 1 is 1.16 bits per heavy atom. The SMILES string of the molecule is COc1cc(N2CCCCC2)[n+]([O-])c2ccccc12. The predicted molar refractivity (Wildman–Crippen MR) is 75.5 cm³/mol. The summed E-state index contributed by atoms with van der Waals surface area (Å²) in [5.74, 6) is 1.47. The van der Waals surface area contributed by atoms with E-state index in [2.05, 4.69) is 4.90 Å². The quantitative estimate of drug-likeness (QED) is 0.613. The first-order chi connectivity index (χ1) is 9.31. The average molecular weight is 258 g/mol. The van der Waals surface area contributed by atoms with Gasteiger partial charge < -0.3 is 9.94 Å². The topological polar surface area (TPSA) is 39.4 Å². The molecule has 0 amide bonds. The van der Waals surface area contributed by atoms with E-state index < -0.39 is 0 Å². The molecule has 0 atom stereocenters. The third-order valence-electron chi connectivity index (χ3n) is 3.76. The number of benzene rings is 1. The number of aromatic nitrogens is 1. The molecule has 1 aromatic heterocycles. The van der Waals surface area contributed by atoms with Crippen molar-refractivity contribution in [3.8, 4) is 5.75 Å². The number of piperidine rings is 1. The van der Waals surface area contributed by atoms with Crippen LogP contribution in [0.5, 0.6) is 5.75 Å². The number of nitrogens with zero attached hydrogens (tertiary/aromatic N) is 2. The Labute approximate surface area is 112 Å². The first kappa shape index (κ1) is 12.1. The molecule has 19 heavy (non-hydrogen) atoms. The molecular formula is C15H18N2O2. The lowest BCUT2D eigenvalue weighted by Crippen LogP contribution is -2.41. The second-order valence-electron chi connectivity index (χ2n) is 4.93. The molecule has 1 aromatic carbocycles. The van der Waals surface area contributed by atoms with Crippen LogP contribution in [0.3, 0.4) is 0 Å². The molecule has 0 spiro atoms. The monoisotopic (exact) mass is 258 g/mol. The van der Waals surface area contributed by atoms with Gasteiger partial charge in [-0.25, -0.2) is 4.73 Å². The highest BCUT2D eigenvalue weighted by atomic mass is 16.5. The summed E-state index contributed by atoms with van der Waals surface area (Å²) in [6.45, 7) is 1.90. The normalized spacial score (nSPS) is 15.7. The number of rotatable bonds is 2. The van der Waals surface area contributed by atoms with Crippen molar-refractivity contribution in [3.05, 3.63) is 35.5 Å². The molecular weight excluding hydrogens is 240 g/mol. The summed E-state index contributed by atoms with van der Waals surface area (Å²) in [5, 5.41) is 13.4. The number of hydrogen-bond donors (Lipinski definition) is 0. The van der Waals surface area contributed by atoms with Gasteiger partial charge in [-0.05, 0) is 31.4 Å². The molecule has 1 aliphatic heterocycles. The largest absolute Gasteiger partial charge is 0.710 e. The van der Waals surface area contributed by atoms with E-state index in [1.807, 2.05) is 30.3 Å². The van der Waals surface area contributed by atoms with Gasteiger partial charge in [-0.1, -0.05) is 12.1 Å². The maximum Gasteiger partial charge on any atom is 0.283 e. The molecule has 4 nitrogen and oxygen atoms in total. The number of anilines is 1. The third kappa shape index (κ3) is 2.07. The Balaban J connectivity index is 2.16. The van der Waals surface area contributed by atoms with Gasteiger partial charge in [0.25, 0.3) is 5.82 Å². The van der Waals surface area contributed by atoms with Crippen LogP contribution in [0.15, 0.2) is 30.3 Å². The van der Waals surface area contributed by atoms with E-state index in [4.69, 9.17) is 4.74 Å². The Morgan fingerprint density at radius 2 is 1.89 bits per heavy atom.